The molecule has 0 aromatic carbocycles. The first-order valence-corrected chi connectivity index (χ1v) is 11.0. The topological polar surface area (TPSA) is 99.1 Å². The fourth-order valence-electron chi connectivity index (χ4n) is 7.05. The largest absolute Gasteiger partial charge is 0.458 e. The number of aliphatic hydroxyl groups excluding tert-OH is 1. The predicted octanol–water partition coefficient (Wildman–Crippen LogP) is 2.98. The van der Waals surface area contributed by atoms with Crippen LogP contribution in [0.1, 0.15) is 67.7 Å². The molecule has 3 fully saturated rings. The predicted molar refractivity (Wildman–Crippen MR) is 113 cm³/mol. The summed E-state index contributed by atoms with van der Waals surface area (Å²) in [5, 5.41) is 11.3. The fraction of sp³-hybridized carbons (Fsp3) is 0.792. The lowest BCUT2D eigenvalue weighted by atomic mass is 9.41. The zero-order chi connectivity index (χ0) is 23.6. The number of hydrogen-bond donors (Lipinski definition) is 1. The van der Waals surface area contributed by atoms with Crippen LogP contribution in [0.2, 0.25) is 0 Å². The summed E-state index contributed by atoms with van der Waals surface area (Å²) >= 11 is 0. The van der Waals surface area contributed by atoms with Gasteiger partial charge in [-0.15, -0.1) is 6.58 Å². The Morgan fingerprint density at radius 3 is 2.23 bits per heavy atom. The van der Waals surface area contributed by atoms with E-state index in [4.69, 9.17) is 14.2 Å². The van der Waals surface area contributed by atoms with Gasteiger partial charge < -0.3 is 19.3 Å². The van der Waals surface area contributed by atoms with Gasteiger partial charge in [0.05, 0.1) is 17.6 Å². The molecule has 1 saturated heterocycles. The Kier molecular flexibility index (Phi) is 5.72. The van der Waals surface area contributed by atoms with E-state index in [9.17, 15) is 19.5 Å². The number of carbonyl (C=O) groups excluding carboxylic acids is 3. The normalized spacial score (nSPS) is 46.3. The number of fused-ring (bicyclic) bond motifs is 3. The zero-order valence-corrected chi connectivity index (χ0v) is 19.7. The maximum atomic E-state index is 13.7. The molecular weight excluding hydrogens is 400 g/mol. The van der Waals surface area contributed by atoms with Crippen molar-refractivity contribution in [3.63, 3.8) is 0 Å². The minimum atomic E-state index is -1.32. The fourth-order valence-corrected chi connectivity index (χ4v) is 7.05. The van der Waals surface area contributed by atoms with Crippen molar-refractivity contribution in [3.05, 3.63) is 12.7 Å². The van der Waals surface area contributed by atoms with Crippen molar-refractivity contribution in [1.82, 2.24) is 0 Å². The molecule has 8 atom stereocenters. The first kappa shape index (κ1) is 23.9. The minimum Gasteiger partial charge on any atom is -0.458 e. The van der Waals surface area contributed by atoms with E-state index in [1.165, 1.54) is 13.8 Å². The lowest BCUT2D eigenvalue weighted by Crippen LogP contribution is -2.78. The van der Waals surface area contributed by atoms with Crippen LogP contribution < -0.4 is 0 Å². The third-order valence-corrected chi connectivity index (χ3v) is 8.01. The van der Waals surface area contributed by atoms with Crippen LogP contribution in [-0.4, -0.2) is 52.3 Å². The second-order valence-electron chi connectivity index (χ2n) is 10.9. The third-order valence-electron chi connectivity index (χ3n) is 8.01. The maximum absolute atomic E-state index is 13.7. The summed E-state index contributed by atoms with van der Waals surface area (Å²) in [4.78, 5) is 38.0. The molecule has 31 heavy (non-hydrogen) atoms. The number of carbonyl (C=O) groups is 3. The Hall–Kier alpha value is -1.73. The molecule has 0 aromatic rings. The van der Waals surface area contributed by atoms with E-state index < -0.39 is 58.7 Å². The number of ether oxygens (including phenoxy) is 3. The van der Waals surface area contributed by atoms with Gasteiger partial charge in [0.15, 0.2) is 6.10 Å². The molecule has 8 unspecified atom stereocenters. The number of ketones is 1. The molecule has 7 nitrogen and oxygen atoms in total. The van der Waals surface area contributed by atoms with Crippen molar-refractivity contribution in [2.45, 2.75) is 97.2 Å². The summed E-state index contributed by atoms with van der Waals surface area (Å²) < 4.78 is 18.1. The van der Waals surface area contributed by atoms with Gasteiger partial charge in [-0.05, 0) is 32.1 Å². The van der Waals surface area contributed by atoms with E-state index in [0.29, 0.717) is 12.8 Å². The average molecular weight is 437 g/mol. The molecular formula is C24H36O7. The summed E-state index contributed by atoms with van der Waals surface area (Å²) in [7, 11) is 0. The molecule has 1 aliphatic heterocycles. The molecule has 1 N–H and O–H groups in total. The van der Waals surface area contributed by atoms with E-state index in [-0.39, 0.29) is 17.6 Å². The van der Waals surface area contributed by atoms with Crippen molar-refractivity contribution in [1.29, 1.82) is 0 Å². The van der Waals surface area contributed by atoms with Crippen molar-refractivity contribution in [3.8, 4) is 0 Å². The molecule has 3 rings (SSSR count). The molecule has 3 aliphatic rings. The number of rotatable bonds is 3. The molecule has 0 aromatic heterocycles. The van der Waals surface area contributed by atoms with Crippen molar-refractivity contribution in [2.75, 3.05) is 0 Å². The lowest BCUT2D eigenvalue weighted by molar-refractivity contribution is -0.322. The molecule has 1 heterocycles. The third kappa shape index (κ3) is 3.54. The van der Waals surface area contributed by atoms with E-state index in [1.54, 1.807) is 19.9 Å². The SMILES string of the molecule is C=CC1(C)CC(=O)C2C(C)(O1)C(OC(C)=O)C(OC(C)=O)C1C(C)(C)CCC(O)C12C. The maximum Gasteiger partial charge on any atom is 0.303 e. The van der Waals surface area contributed by atoms with Gasteiger partial charge in [0.25, 0.3) is 0 Å². The number of Topliss-reactive ketones (excluding diaryl/α,β-unsaturated/α-hetero) is 1. The number of esters is 2. The highest BCUT2D eigenvalue weighted by molar-refractivity contribution is 5.86. The van der Waals surface area contributed by atoms with Gasteiger partial charge in [0.1, 0.15) is 17.5 Å². The summed E-state index contributed by atoms with van der Waals surface area (Å²) in [6.45, 7) is 15.9. The molecule has 7 heteroatoms. The summed E-state index contributed by atoms with van der Waals surface area (Å²) in [5.74, 6) is -2.31. The number of aliphatic hydroxyl groups is 1. The van der Waals surface area contributed by atoms with Crippen LogP contribution in [0.15, 0.2) is 12.7 Å². The molecule has 174 valence electrons. The second-order valence-corrected chi connectivity index (χ2v) is 10.9. The lowest BCUT2D eigenvalue weighted by Gasteiger charge is -2.68. The number of hydrogen-bond acceptors (Lipinski definition) is 7. The second kappa shape index (κ2) is 7.41. The highest BCUT2D eigenvalue weighted by Crippen LogP contribution is 2.65. The van der Waals surface area contributed by atoms with Crippen LogP contribution in [0.25, 0.3) is 0 Å². The van der Waals surface area contributed by atoms with E-state index >= 15 is 0 Å². The molecule has 2 saturated carbocycles. The summed E-state index contributed by atoms with van der Waals surface area (Å²) in [6, 6.07) is 0. The highest BCUT2D eigenvalue weighted by Gasteiger charge is 2.74. The van der Waals surface area contributed by atoms with Gasteiger partial charge in [-0.1, -0.05) is 26.8 Å². The van der Waals surface area contributed by atoms with Gasteiger partial charge in [-0.25, -0.2) is 0 Å². The highest BCUT2D eigenvalue weighted by atomic mass is 16.6. The van der Waals surface area contributed by atoms with Crippen LogP contribution in [0.4, 0.5) is 0 Å². The quantitative estimate of drug-likeness (QED) is 0.536. The van der Waals surface area contributed by atoms with Crippen LogP contribution in [-0.2, 0) is 28.6 Å². The molecule has 2 aliphatic carbocycles. The Labute approximate surface area is 184 Å². The van der Waals surface area contributed by atoms with Crippen molar-refractivity contribution < 1.29 is 33.7 Å². The van der Waals surface area contributed by atoms with Gasteiger partial charge in [-0.2, -0.15) is 0 Å². The Balaban J connectivity index is 2.31. The average Bonchev–Trinajstić information content (AvgIpc) is 2.60. The first-order chi connectivity index (χ1) is 14.1. The van der Waals surface area contributed by atoms with Crippen LogP contribution >= 0.6 is 0 Å². The van der Waals surface area contributed by atoms with Gasteiger partial charge in [0.2, 0.25) is 0 Å². The monoisotopic (exact) mass is 436 g/mol. The van der Waals surface area contributed by atoms with Crippen molar-refractivity contribution in [2.24, 2.45) is 22.7 Å². The zero-order valence-electron chi connectivity index (χ0n) is 19.7. The van der Waals surface area contributed by atoms with E-state index in [1.807, 2.05) is 20.8 Å². The van der Waals surface area contributed by atoms with Crippen LogP contribution in [0.5, 0.6) is 0 Å². The Bertz CT molecular complexity index is 804. The Morgan fingerprint density at radius 2 is 1.71 bits per heavy atom. The van der Waals surface area contributed by atoms with E-state index in [2.05, 4.69) is 6.58 Å². The molecule has 0 bridgehead atoms. The van der Waals surface area contributed by atoms with Gasteiger partial charge in [-0.3, -0.25) is 14.4 Å². The van der Waals surface area contributed by atoms with Gasteiger partial charge in [0, 0.05) is 31.6 Å². The van der Waals surface area contributed by atoms with Crippen LogP contribution in [0, 0.1) is 22.7 Å². The van der Waals surface area contributed by atoms with Gasteiger partial charge >= 0.3 is 11.9 Å². The summed E-state index contributed by atoms with van der Waals surface area (Å²) in [5.41, 5.74) is -3.61. The molecule has 0 spiro atoms. The minimum absolute atomic E-state index is 0.0705. The standard InChI is InChI=1S/C24H36O7/c1-9-22(6)12-15(27)18-23(7)16(28)10-11-21(4,5)19(23)17(29-13(2)25)20(30-14(3)26)24(18,8)31-22/h9,16-20,28H,1,10-12H2,2-8H3. The Morgan fingerprint density at radius 1 is 1.13 bits per heavy atom. The van der Waals surface area contributed by atoms with E-state index in [0.717, 1.165) is 0 Å². The molecule has 0 amide bonds. The summed E-state index contributed by atoms with van der Waals surface area (Å²) in [6.07, 6.45) is 0.200. The first-order valence-electron chi connectivity index (χ1n) is 11.0. The van der Waals surface area contributed by atoms with Crippen LogP contribution in [0.3, 0.4) is 0 Å². The van der Waals surface area contributed by atoms with Crippen molar-refractivity contribution >= 4 is 17.7 Å². The molecule has 0 radical (unpaired) electrons. The smallest absolute Gasteiger partial charge is 0.303 e.